The quantitative estimate of drug-likeness (QED) is 0.849. The van der Waals surface area contributed by atoms with Crippen LogP contribution in [0.25, 0.3) is 11.0 Å². The molecule has 1 aromatic carbocycles. The predicted molar refractivity (Wildman–Crippen MR) is 102 cm³/mol. The second-order valence-corrected chi connectivity index (χ2v) is 7.06. The van der Waals surface area contributed by atoms with Crippen LogP contribution in [0.3, 0.4) is 0 Å². The van der Waals surface area contributed by atoms with Crippen LogP contribution in [0.15, 0.2) is 18.2 Å². The monoisotopic (exact) mass is 371 g/mol. The van der Waals surface area contributed by atoms with Crippen molar-refractivity contribution >= 4 is 22.8 Å². The van der Waals surface area contributed by atoms with Crippen molar-refractivity contribution in [2.24, 2.45) is 0 Å². The molecule has 0 spiro atoms. The smallest absolute Gasteiger partial charge is 0.319 e. The van der Waals surface area contributed by atoms with E-state index in [9.17, 15) is 4.79 Å². The molecule has 2 aliphatic rings. The number of urea groups is 1. The van der Waals surface area contributed by atoms with E-state index in [-0.39, 0.29) is 18.1 Å². The Kier molecular flexibility index (Phi) is 5.20. The van der Waals surface area contributed by atoms with E-state index in [1.807, 2.05) is 32.0 Å². The largest absolute Gasteiger partial charge is 0.379 e. The highest BCUT2D eigenvalue weighted by Gasteiger charge is 2.34. The van der Waals surface area contributed by atoms with Crippen LogP contribution in [0.5, 0.6) is 0 Å². The van der Waals surface area contributed by atoms with Crippen molar-refractivity contribution in [2.75, 3.05) is 44.8 Å². The maximum Gasteiger partial charge on any atom is 0.319 e. The number of morpholine rings is 1. The number of aryl methyl sites for hydroxylation is 2. The molecule has 2 fully saturated rings. The summed E-state index contributed by atoms with van der Waals surface area (Å²) in [6.45, 7) is 8.23. The van der Waals surface area contributed by atoms with Gasteiger partial charge >= 0.3 is 6.03 Å². The summed E-state index contributed by atoms with van der Waals surface area (Å²) in [6.07, 6.45) is 0. The van der Waals surface area contributed by atoms with Crippen molar-refractivity contribution in [2.45, 2.75) is 25.9 Å². The van der Waals surface area contributed by atoms with E-state index in [2.05, 4.69) is 25.5 Å². The molecule has 8 heteroatoms. The number of hydrogen-bond donors (Lipinski definition) is 2. The van der Waals surface area contributed by atoms with Crippen LogP contribution < -0.4 is 10.6 Å². The topological polar surface area (TPSA) is 88.6 Å². The van der Waals surface area contributed by atoms with Gasteiger partial charge in [-0.1, -0.05) is 0 Å². The predicted octanol–water partition coefficient (Wildman–Crippen LogP) is 1.47. The van der Waals surface area contributed by atoms with E-state index in [1.54, 1.807) is 0 Å². The SMILES string of the molecule is Cc1nc2ccc(NC(=O)N[C@@H]3COC[C@H]3N3CCOCC3)cc2nc1C. The summed E-state index contributed by atoms with van der Waals surface area (Å²) in [6, 6.07) is 5.48. The molecule has 0 aliphatic carbocycles. The van der Waals surface area contributed by atoms with Crippen LogP contribution in [0.2, 0.25) is 0 Å². The molecular formula is C19H25N5O3. The maximum atomic E-state index is 12.5. The van der Waals surface area contributed by atoms with Gasteiger partial charge in [0.15, 0.2) is 0 Å². The second kappa shape index (κ2) is 7.75. The van der Waals surface area contributed by atoms with Gasteiger partial charge in [0.25, 0.3) is 0 Å². The Morgan fingerprint density at radius 1 is 1.07 bits per heavy atom. The molecule has 0 bridgehead atoms. The van der Waals surface area contributed by atoms with Crippen LogP contribution in [-0.2, 0) is 9.47 Å². The zero-order chi connectivity index (χ0) is 18.8. The standard InChI is InChI=1S/C19H25N5O3/c1-12-13(2)21-16-9-14(3-4-15(16)20-12)22-19(25)23-17-10-27-11-18(17)24-5-7-26-8-6-24/h3-4,9,17-18H,5-8,10-11H2,1-2H3,(H2,22,23,25)/t17-,18-/m1/s1. The second-order valence-electron chi connectivity index (χ2n) is 7.06. The van der Waals surface area contributed by atoms with Crippen molar-refractivity contribution in [3.8, 4) is 0 Å². The Morgan fingerprint density at radius 2 is 1.81 bits per heavy atom. The first-order chi connectivity index (χ1) is 13.1. The Bertz CT molecular complexity index is 837. The molecule has 2 aliphatic heterocycles. The molecule has 0 unspecified atom stereocenters. The molecule has 2 aromatic rings. The number of anilines is 1. The Labute approximate surface area is 158 Å². The number of amides is 2. The van der Waals surface area contributed by atoms with E-state index in [0.29, 0.717) is 18.9 Å². The van der Waals surface area contributed by atoms with Crippen molar-refractivity contribution in [1.82, 2.24) is 20.2 Å². The first-order valence-corrected chi connectivity index (χ1v) is 9.32. The molecule has 2 N–H and O–H groups in total. The van der Waals surface area contributed by atoms with Crippen LogP contribution in [-0.4, -0.2) is 72.5 Å². The highest BCUT2D eigenvalue weighted by atomic mass is 16.5. The first-order valence-electron chi connectivity index (χ1n) is 9.32. The molecule has 2 atom stereocenters. The van der Waals surface area contributed by atoms with E-state index in [0.717, 1.165) is 48.7 Å². The molecule has 144 valence electrons. The zero-order valence-corrected chi connectivity index (χ0v) is 15.7. The van der Waals surface area contributed by atoms with Gasteiger partial charge in [-0.2, -0.15) is 0 Å². The third-order valence-corrected chi connectivity index (χ3v) is 5.21. The summed E-state index contributed by atoms with van der Waals surface area (Å²) >= 11 is 0. The molecule has 4 rings (SSSR count). The molecule has 1 aromatic heterocycles. The van der Waals surface area contributed by atoms with Gasteiger partial charge in [-0.05, 0) is 32.0 Å². The lowest BCUT2D eigenvalue weighted by molar-refractivity contribution is 0.0113. The lowest BCUT2D eigenvalue weighted by Gasteiger charge is -2.34. The third-order valence-electron chi connectivity index (χ3n) is 5.21. The number of hydrogen-bond acceptors (Lipinski definition) is 6. The summed E-state index contributed by atoms with van der Waals surface area (Å²) < 4.78 is 11.0. The fourth-order valence-corrected chi connectivity index (χ4v) is 3.59. The van der Waals surface area contributed by atoms with Crippen molar-refractivity contribution in [1.29, 1.82) is 0 Å². The van der Waals surface area contributed by atoms with E-state index < -0.39 is 0 Å². The Morgan fingerprint density at radius 3 is 2.59 bits per heavy atom. The summed E-state index contributed by atoms with van der Waals surface area (Å²) in [5.74, 6) is 0. The molecule has 0 radical (unpaired) electrons. The summed E-state index contributed by atoms with van der Waals surface area (Å²) in [5.41, 5.74) is 4.09. The summed E-state index contributed by atoms with van der Waals surface area (Å²) in [7, 11) is 0. The number of nitrogens with zero attached hydrogens (tertiary/aromatic N) is 3. The fourth-order valence-electron chi connectivity index (χ4n) is 3.59. The van der Waals surface area contributed by atoms with Gasteiger partial charge in [-0.15, -0.1) is 0 Å². The number of nitrogens with one attached hydrogen (secondary N) is 2. The van der Waals surface area contributed by atoms with Crippen LogP contribution in [0, 0.1) is 13.8 Å². The highest BCUT2D eigenvalue weighted by molar-refractivity contribution is 5.92. The highest BCUT2D eigenvalue weighted by Crippen LogP contribution is 2.18. The summed E-state index contributed by atoms with van der Waals surface area (Å²) in [5, 5.41) is 5.95. The van der Waals surface area contributed by atoms with Gasteiger partial charge < -0.3 is 20.1 Å². The number of ether oxygens (including phenoxy) is 2. The fraction of sp³-hybridized carbons (Fsp3) is 0.526. The van der Waals surface area contributed by atoms with E-state index in [4.69, 9.17) is 9.47 Å². The summed E-state index contributed by atoms with van der Waals surface area (Å²) in [4.78, 5) is 23.9. The molecule has 3 heterocycles. The minimum absolute atomic E-state index is 0.0340. The van der Waals surface area contributed by atoms with Crippen LogP contribution in [0.4, 0.5) is 10.5 Å². The molecule has 2 amide bonds. The Hall–Kier alpha value is -2.29. The minimum Gasteiger partial charge on any atom is -0.379 e. The number of benzene rings is 1. The van der Waals surface area contributed by atoms with Crippen LogP contribution >= 0.6 is 0 Å². The maximum absolute atomic E-state index is 12.5. The lowest BCUT2D eigenvalue weighted by Crippen LogP contribution is -2.54. The molecule has 2 saturated heterocycles. The van der Waals surface area contributed by atoms with E-state index in [1.165, 1.54) is 0 Å². The molecular weight excluding hydrogens is 346 g/mol. The van der Waals surface area contributed by atoms with Crippen molar-refractivity contribution in [3.63, 3.8) is 0 Å². The number of carbonyl (C=O) groups is 1. The first kappa shape index (κ1) is 18.1. The van der Waals surface area contributed by atoms with Crippen molar-refractivity contribution < 1.29 is 14.3 Å². The average molecular weight is 371 g/mol. The molecule has 0 saturated carbocycles. The van der Waals surface area contributed by atoms with Crippen molar-refractivity contribution in [3.05, 3.63) is 29.6 Å². The number of carbonyl (C=O) groups excluding carboxylic acids is 1. The number of rotatable bonds is 3. The van der Waals surface area contributed by atoms with Gasteiger partial charge in [-0.3, -0.25) is 4.90 Å². The van der Waals surface area contributed by atoms with Gasteiger partial charge in [0.1, 0.15) is 0 Å². The molecule has 8 nitrogen and oxygen atoms in total. The van der Waals surface area contributed by atoms with E-state index >= 15 is 0 Å². The number of fused-ring (bicyclic) bond motifs is 1. The zero-order valence-electron chi connectivity index (χ0n) is 15.7. The lowest BCUT2D eigenvalue weighted by atomic mass is 10.1. The minimum atomic E-state index is -0.236. The van der Waals surface area contributed by atoms with Gasteiger partial charge in [0, 0.05) is 18.8 Å². The van der Waals surface area contributed by atoms with Gasteiger partial charge in [0.05, 0.1) is 60.9 Å². The third kappa shape index (κ3) is 4.02. The van der Waals surface area contributed by atoms with Crippen LogP contribution in [0.1, 0.15) is 11.4 Å². The normalized spacial score (nSPS) is 23.5. The van der Waals surface area contributed by atoms with Gasteiger partial charge in [0.2, 0.25) is 0 Å². The van der Waals surface area contributed by atoms with Gasteiger partial charge in [-0.25, -0.2) is 14.8 Å². The average Bonchev–Trinajstić information content (AvgIpc) is 3.11. The Balaban J connectivity index is 1.41. The molecule has 27 heavy (non-hydrogen) atoms. The number of aromatic nitrogens is 2.